The first kappa shape index (κ1) is 18.7. The predicted octanol–water partition coefficient (Wildman–Crippen LogP) is 3.60. The topological polar surface area (TPSA) is 67.8 Å². The molecule has 9 heteroatoms. The summed E-state index contributed by atoms with van der Waals surface area (Å²) in [5, 5.41) is 10.6. The molecule has 0 saturated carbocycles. The predicted molar refractivity (Wildman–Crippen MR) is 95.4 cm³/mol. The number of rotatable bonds is 2. The van der Waals surface area contributed by atoms with Crippen LogP contribution in [0.25, 0.3) is 21.6 Å². The molecular formula is C18H12F3N3O2S. The third-order valence-electron chi connectivity index (χ3n) is 4.16. The highest BCUT2D eigenvalue weighted by molar-refractivity contribution is 7.14. The average molecular weight is 391 g/mol. The maximum atomic E-state index is 13.4. The Morgan fingerprint density at radius 2 is 1.74 bits per heavy atom. The summed E-state index contributed by atoms with van der Waals surface area (Å²) in [4.78, 5) is 25.2. The van der Waals surface area contributed by atoms with Crippen molar-refractivity contribution in [1.82, 2.24) is 9.13 Å². The summed E-state index contributed by atoms with van der Waals surface area (Å²) in [6, 6.07) is 10.0. The van der Waals surface area contributed by atoms with Gasteiger partial charge in [-0.25, -0.2) is 9.36 Å². The van der Waals surface area contributed by atoms with Crippen molar-refractivity contribution in [2.45, 2.75) is 13.2 Å². The first-order valence-electron chi connectivity index (χ1n) is 7.65. The summed E-state index contributed by atoms with van der Waals surface area (Å²) < 4.78 is 40.2. The summed E-state index contributed by atoms with van der Waals surface area (Å²) in [6.45, 7) is 1.10. The van der Waals surface area contributed by atoms with E-state index in [0.29, 0.717) is 26.1 Å². The Morgan fingerprint density at radius 3 is 2.30 bits per heavy atom. The monoisotopic (exact) mass is 391 g/mol. The van der Waals surface area contributed by atoms with Crippen molar-refractivity contribution in [3.8, 4) is 27.6 Å². The van der Waals surface area contributed by atoms with Crippen LogP contribution in [-0.2, 0) is 13.3 Å². The minimum Gasteiger partial charge on any atom is -0.268 e. The number of nitriles is 1. The maximum absolute atomic E-state index is 13.4. The Hall–Kier alpha value is -3.12. The van der Waals surface area contributed by atoms with Crippen LogP contribution in [0.15, 0.2) is 45.3 Å². The largest absolute Gasteiger partial charge is 0.492 e. The minimum atomic E-state index is -4.95. The smallest absolute Gasteiger partial charge is 0.268 e. The third-order valence-corrected chi connectivity index (χ3v) is 5.12. The lowest BCUT2D eigenvalue weighted by atomic mass is 10.0. The lowest BCUT2D eigenvalue weighted by Gasteiger charge is -2.17. The van der Waals surface area contributed by atoms with E-state index < -0.39 is 23.2 Å². The van der Waals surface area contributed by atoms with Crippen molar-refractivity contribution >= 4 is 11.3 Å². The standard InChI is InChI=1S/C18H12F3N3O2S/c1-10-14(16(25)23(2)17(26)24(10)18(19,20)21)13-7-8-27-15(13)12-5-3-11(9-22)4-6-12/h3-8H,1-2H3. The molecule has 0 aliphatic rings. The van der Waals surface area contributed by atoms with Gasteiger partial charge in [-0.2, -0.15) is 5.26 Å². The molecule has 138 valence electrons. The van der Waals surface area contributed by atoms with Gasteiger partial charge in [0.1, 0.15) is 0 Å². The van der Waals surface area contributed by atoms with Gasteiger partial charge in [0.2, 0.25) is 0 Å². The Labute approximate surface area is 155 Å². The van der Waals surface area contributed by atoms with E-state index in [-0.39, 0.29) is 10.1 Å². The number of halogens is 3. The van der Waals surface area contributed by atoms with E-state index in [4.69, 9.17) is 5.26 Å². The van der Waals surface area contributed by atoms with Gasteiger partial charge in [0.05, 0.1) is 17.2 Å². The van der Waals surface area contributed by atoms with Gasteiger partial charge >= 0.3 is 12.0 Å². The molecular weight excluding hydrogens is 379 g/mol. The van der Waals surface area contributed by atoms with E-state index in [2.05, 4.69) is 0 Å². The number of thiophene rings is 1. The highest BCUT2D eigenvalue weighted by atomic mass is 32.1. The van der Waals surface area contributed by atoms with E-state index in [0.717, 1.165) is 14.0 Å². The molecule has 0 bridgehead atoms. The molecule has 0 spiro atoms. The number of benzene rings is 1. The fraction of sp³-hybridized carbons (Fsp3) is 0.167. The highest BCUT2D eigenvalue weighted by Crippen LogP contribution is 2.37. The van der Waals surface area contributed by atoms with Crippen LogP contribution < -0.4 is 11.2 Å². The summed E-state index contributed by atoms with van der Waals surface area (Å²) in [5.41, 5.74) is -1.49. The zero-order valence-electron chi connectivity index (χ0n) is 14.2. The van der Waals surface area contributed by atoms with Gasteiger partial charge < -0.3 is 0 Å². The molecule has 0 saturated heterocycles. The molecule has 5 nitrogen and oxygen atoms in total. The summed E-state index contributed by atoms with van der Waals surface area (Å²) >= 11 is 1.25. The van der Waals surface area contributed by atoms with Crippen LogP contribution in [0.1, 0.15) is 11.3 Å². The number of alkyl halides is 3. The molecule has 0 aliphatic heterocycles. The molecule has 1 aromatic carbocycles. The molecule has 0 atom stereocenters. The molecule has 3 rings (SSSR count). The first-order chi connectivity index (χ1) is 12.7. The summed E-state index contributed by atoms with van der Waals surface area (Å²) in [7, 11) is 1.02. The molecule has 0 N–H and O–H groups in total. The van der Waals surface area contributed by atoms with Gasteiger partial charge in [0.25, 0.3) is 5.56 Å². The zero-order chi connectivity index (χ0) is 19.9. The van der Waals surface area contributed by atoms with E-state index in [1.54, 1.807) is 35.7 Å². The van der Waals surface area contributed by atoms with Crippen molar-refractivity contribution < 1.29 is 13.2 Å². The zero-order valence-corrected chi connectivity index (χ0v) is 15.0. The van der Waals surface area contributed by atoms with E-state index >= 15 is 0 Å². The van der Waals surface area contributed by atoms with Crippen LogP contribution in [0.2, 0.25) is 0 Å². The minimum absolute atomic E-state index is 0.185. The van der Waals surface area contributed by atoms with E-state index in [9.17, 15) is 22.8 Å². The molecule has 2 aromatic heterocycles. The number of aromatic nitrogens is 2. The van der Waals surface area contributed by atoms with Crippen LogP contribution >= 0.6 is 11.3 Å². The highest BCUT2D eigenvalue weighted by Gasteiger charge is 2.36. The first-order valence-corrected chi connectivity index (χ1v) is 8.53. The Morgan fingerprint density at radius 1 is 1.11 bits per heavy atom. The lowest BCUT2D eigenvalue weighted by molar-refractivity contribution is -0.208. The van der Waals surface area contributed by atoms with Gasteiger partial charge in [-0.15, -0.1) is 24.5 Å². The SMILES string of the molecule is Cc1c(-c2ccsc2-c2ccc(C#N)cc2)c(=O)n(C)c(=O)n1C(F)(F)F. The van der Waals surface area contributed by atoms with Crippen molar-refractivity contribution in [2.24, 2.45) is 7.05 Å². The maximum Gasteiger partial charge on any atom is 0.492 e. The number of nitrogens with zero attached hydrogens (tertiary/aromatic N) is 3. The van der Waals surface area contributed by atoms with Crippen molar-refractivity contribution in [3.63, 3.8) is 0 Å². The second kappa shape index (κ2) is 6.55. The Kier molecular flexibility index (Phi) is 4.53. The molecule has 0 aliphatic carbocycles. The molecule has 2 heterocycles. The van der Waals surface area contributed by atoms with Gasteiger partial charge in [-0.05, 0) is 36.1 Å². The fourth-order valence-electron chi connectivity index (χ4n) is 2.85. The van der Waals surface area contributed by atoms with Crippen LogP contribution in [0.5, 0.6) is 0 Å². The van der Waals surface area contributed by atoms with Crippen molar-refractivity contribution in [2.75, 3.05) is 0 Å². The van der Waals surface area contributed by atoms with Gasteiger partial charge in [-0.3, -0.25) is 9.36 Å². The van der Waals surface area contributed by atoms with Crippen molar-refractivity contribution in [1.29, 1.82) is 5.26 Å². The fourth-order valence-corrected chi connectivity index (χ4v) is 3.76. The second-order valence-electron chi connectivity index (χ2n) is 5.76. The van der Waals surface area contributed by atoms with Gasteiger partial charge in [0.15, 0.2) is 0 Å². The Bertz CT molecular complexity index is 1180. The number of hydrogen-bond donors (Lipinski definition) is 0. The molecule has 27 heavy (non-hydrogen) atoms. The van der Waals surface area contributed by atoms with Crippen LogP contribution in [-0.4, -0.2) is 9.13 Å². The van der Waals surface area contributed by atoms with Crippen LogP contribution in [0.3, 0.4) is 0 Å². The molecule has 0 radical (unpaired) electrons. The van der Waals surface area contributed by atoms with Crippen LogP contribution in [0, 0.1) is 18.3 Å². The van der Waals surface area contributed by atoms with Gasteiger partial charge in [0, 0.05) is 23.2 Å². The van der Waals surface area contributed by atoms with Crippen LogP contribution in [0.4, 0.5) is 13.2 Å². The third kappa shape index (κ3) is 3.08. The normalized spacial score (nSPS) is 11.4. The lowest BCUT2D eigenvalue weighted by Crippen LogP contribution is -2.44. The van der Waals surface area contributed by atoms with Crippen molar-refractivity contribution in [3.05, 3.63) is 67.8 Å². The van der Waals surface area contributed by atoms with E-state index in [1.807, 2.05) is 6.07 Å². The average Bonchev–Trinajstić information content (AvgIpc) is 3.08. The Balaban J connectivity index is 2.33. The molecule has 0 unspecified atom stereocenters. The summed E-state index contributed by atoms with van der Waals surface area (Å²) in [5.74, 6) is 0. The molecule has 3 aromatic rings. The summed E-state index contributed by atoms with van der Waals surface area (Å²) in [6.07, 6.45) is -4.95. The van der Waals surface area contributed by atoms with Gasteiger partial charge in [-0.1, -0.05) is 12.1 Å². The molecule has 0 amide bonds. The number of hydrogen-bond acceptors (Lipinski definition) is 4. The molecule has 0 fully saturated rings. The van der Waals surface area contributed by atoms with E-state index in [1.165, 1.54) is 11.3 Å². The quantitative estimate of drug-likeness (QED) is 0.670. The second-order valence-corrected chi connectivity index (χ2v) is 6.68.